The lowest BCUT2D eigenvalue weighted by molar-refractivity contribution is -0.137. The molecule has 1 atom stereocenters. The van der Waals surface area contributed by atoms with Gasteiger partial charge in [-0.3, -0.25) is 0 Å². The summed E-state index contributed by atoms with van der Waals surface area (Å²) in [7, 11) is 0. The third-order valence-corrected chi connectivity index (χ3v) is 4.24. The van der Waals surface area contributed by atoms with Gasteiger partial charge in [0, 0.05) is 12.1 Å². The Bertz CT molecular complexity index is 781. The fourth-order valence-electron chi connectivity index (χ4n) is 2.93. The average molecular weight is 356 g/mol. The summed E-state index contributed by atoms with van der Waals surface area (Å²) in [6.07, 6.45) is -3.01. The van der Waals surface area contributed by atoms with Crippen molar-refractivity contribution in [1.29, 1.82) is 0 Å². The first-order valence-corrected chi connectivity index (χ1v) is 7.75. The SMILES string of the molecule is Cc1nc(N2CCC[C@H]2CF)nnc1-c1ccc(C(F)(F)F)cc1O. The molecule has 1 saturated heterocycles. The topological polar surface area (TPSA) is 62.1 Å². The van der Waals surface area contributed by atoms with Crippen LogP contribution in [0.2, 0.25) is 0 Å². The highest BCUT2D eigenvalue weighted by Gasteiger charge is 2.32. The zero-order valence-corrected chi connectivity index (χ0v) is 13.4. The molecule has 0 unspecified atom stereocenters. The standard InChI is InChI=1S/C16H16F4N4O/c1-9-14(12-5-4-10(7-13(12)25)16(18,19)20)22-23-15(21-9)24-6-2-3-11(24)8-17/h4-5,7,11,25H,2-3,6,8H2,1H3/t11-/m0/s1. The molecule has 1 fully saturated rings. The molecule has 1 aromatic carbocycles. The molecule has 3 rings (SSSR count). The van der Waals surface area contributed by atoms with Crippen LogP contribution in [0.1, 0.15) is 24.1 Å². The Hall–Kier alpha value is -2.45. The van der Waals surface area contributed by atoms with E-state index in [4.69, 9.17) is 0 Å². The lowest BCUT2D eigenvalue weighted by Gasteiger charge is -2.22. The van der Waals surface area contributed by atoms with Crippen LogP contribution in [0.5, 0.6) is 5.75 Å². The average Bonchev–Trinajstić information content (AvgIpc) is 3.03. The van der Waals surface area contributed by atoms with Crippen LogP contribution in [0.25, 0.3) is 11.3 Å². The molecule has 9 heteroatoms. The summed E-state index contributed by atoms with van der Waals surface area (Å²) in [5, 5.41) is 17.9. The van der Waals surface area contributed by atoms with Crippen molar-refractivity contribution in [2.24, 2.45) is 0 Å². The number of phenols is 1. The van der Waals surface area contributed by atoms with Gasteiger partial charge in [0.25, 0.3) is 0 Å². The minimum Gasteiger partial charge on any atom is -0.507 e. The van der Waals surface area contributed by atoms with E-state index >= 15 is 0 Å². The number of hydrogen-bond acceptors (Lipinski definition) is 5. The van der Waals surface area contributed by atoms with Crippen molar-refractivity contribution in [3.8, 4) is 17.0 Å². The van der Waals surface area contributed by atoms with Crippen molar-refractivity contribution in [1.82, 2.24) is 15.2 Å². The first-order chi connectivity index (χ1) is 11.8. The molecule has 0 bridgehead atoms. The van der Waals surface area contributed by atoms with E-state index in [0.29, 0.717) is 24.7 Å². The minimum absolute atomic E-state index is 0.112. The van der Waals surface area contributed by atoms with E-state index in [1.807, 2.05) is 0 Å². The molecule has 25 heavy (non-hydrogen) atoms. The van der Waals surface area contributed by atoms with Crippen LogP contribution in [0.3, 0.4) is 0 Å². The zero-order valence-electron chi connectivity index (χ0n) is 13.4. The molecule has 0 spiro atoms. The second-order valence-electron chi connectivity index (χ2n) is 5.92. The smallest absolute Gasteiger partial charge is 0.416 e. The molecular weight excluding hydrogens is 340 g/mol. The highest BCUT2D eigenvalue weighted by Crippen LogP contribution is 2.36. The van der Waals surface area contributed by atoms with E-state index < -0.39 is 24.2 Å². The van der Waals surface area contributed by atoms with Crippen LogP contribution in [-0.4, -0.2) is 39.5 Å². The number of aromatic hydroxyl groups is 1. The molecular formula is C16H16F4N4O. The number of nitrogens with zero attached hydrogens (tertiary/aromatic N) is 4. The van der Waals surface area contributed by atoms with Gasteiger partial charge in [-0.1, -0.05) is 0 Å². The number of halogens is 4. The minimum atomic E-state index is -4.55. The van der Waals surface area contributed by atoms with Crippen molar-refractivity contribution < 1.29 is 22.7 Å². The molecule has 0 amide bonds. The Morgan fingerprint density at radius 3 is 2.64 bits per heavy atom. The summed E-state index contributed by atoms with van der Waals surface area (Å²) in [5.41, 5.74) is -0.261. The highest BCUT2D eigenvalue weighted by atomic mass is 19.4. The van der Waals surface area contributed by atoms with E-state index in [1.54, 1.807) is 11.8 Å². The van der Waals surface area contributed by atoms with Gasteiger partial charge in [-0.15, -0.1) is 10.2 Å². The molecule has 5 nitrogen and oxygen atoms in total. The fraction of sp³-hybridized carbons (Fsp3) is 0.438. The predicted octanol–water partition coefficient (Wildman–Crippen LogP) is 3.51. The van der Waals surface area contributed by atoms with Crippen LogP contribution in [0.4, 0.5) is 23.5 Å². The lowest BCUT2D eigenvalue weighted by atomic mass is 10.1. The van der Waals surface area contributed by atoms with Gasteiger partial charge in [-0.2, -0.15) is 13.2 Å². The van der Waals surface area contributed by atoms with Crippen molar-refractivity contribution in [3.63, 3.8) is 0 Å². The van der Waals surface area contributed by atoms with E-state index in [0.717, 1.165) is 18.6 Å². The Balaban J connectivity index is 1.94. The number of hydrogen-bond donors (Lipinski definition) is 1. The number of alkyl halides is 4. The van der Waals surface area contributed by atoms with E-state index in [1.165, 1.54) is 0 Å². The monoisotopic (exact) mass is 356 g/mol. The van der Waals surface area contributed by atoms with E-state index in [-0.39, 0.29) is 23.2 Å². The predicted molar refractivity (Wildman–Crippen MR) is 83.0 cm³/mol. The van der Waals surface area contributed by atoms with Crippen LogP contribution in [-0.2, 0) is 6.18 Å². The molecule has 0 aliphatic carbocycles. The first-order valence-electron chi connectivity index (χ1n) is 7.75. The third-order valence-electron chi connectivity index (χ3n) is 4.24. The van der Waals surface area contributed by atoms with Crippen LogP contribution < -0.4 is 4.90 Å². The summed E-state index contributed by atoms with van der Waals surface area (Å²) in [5.74, 6) is -0.266. The van der Waals surface area contributed by atoms with Gasteiger partial charge in [-0.25, -0.2) is 9.37 Å². The maximum absolute atomic E-state index is 13.0. The molecule has 1 N–H and O–H groups in total. The number of aryl methyl sites for hydroxylation is 1. The van der Waals surface area contributed by atoms with Crippen molar-refractivity contribution in [2.75, 3.05) is 18.1 Å². The third kappa shape index (κ3) is 3.35. The zero-order chi connectivity index (χ0) is 18.2. The Kier molecular flexibility index (Phi) is 4.49. The highest BCUT2D eigenvalue weighted by molar-refractivity contribution is 5.69. The number of aromatic nitrogens is 3. The van der Waals surface area contributed by atoms with Gasteiger partial charge in [0.15, 0.2) is 0 Å². The van der Waals surface area contributed by atoms with Gasteiger partial charge in [0.2, 0.25) is 5.95 Å². The maximum Gasteiger partial charge on any atom is 0.416 e. The number of rotatable bonds is 3. The van der Waals surface area contributed by atoms with E-state index in [2.05, 4.69) is 15.2 Å². The normalized spacial score (nSPS) is 18.0. The summed E-state index contributed by atoms with van der Waals surface area (Å²) in [4.78, 5) is 6.03. The van der Waals surface area contributed by atoms with E-state index in [9.17, 15) is 22.7 Å². The van der Waals surface area contributed by atoms with Crippen LogP contribution in [0.15, 0.2) is 18.2 Å². The molecule has 2 aromatic rings. The van der Waals surface area contributed by atoms with Crippen molar-refractivity contribution >= 4 is 5.95 Å². The summed E-state index contributed by atoms with van der Waals surface area (Å²) in [6, 6.07) is 2.36. The van der Waals surface area contributed by atoms with Gasteiger partial charge < -0.3 is 10.0 Å². The maximum atomic E-state index is 13.0. The van der Waals surface area contributed by atoms with Crippen molar-refractivity contribution in [2.45, 2.75) is 32.0 Å². The largest absolute Gasteiger partial charge is 0.507 e. The Morgan fingerprint density at radius 2 is 2.04 bits per heavy atom. The number of phenolic OH excluding ortho intramolecular Hbond substituents is 1. The second kappa shape index (κ2) is 6.45. The first kappa shape index (κ1) is 17.4. The quantitative estimate of drug-likeness (QED) is 0.853. The molecule has 1 aliphatic rings. The van der Waals surface area contributed by atoms with Gasteiger partial charge in [0.05, 0.1) is 17.3 Å². The molecule has 0 saturated carbocycles. The molecule has 1 aliphatic heterocycles. The number of benzene rings is 1. The van der Waals surface area contributed by atoms with Crippen LogP contribution in [0, 0.1) is 6.92 Å². The summed E-state index contributed by atoms with van der Waals surface area (Å²) >= 11 is 0. The van der Waals surface area contributed by atoms with Crippen LogP contribution >= 0.6 is 0 Å². The Morgan fingerprint density at radius 1 is 1.28 bits per heavy atom. The van der Waals surface area contributed by atoms with Crippen molar-refractivity contribution in [3.05, 3.63) is 29.5 Å². The fourth-order valence-corrected chi connectivity index (χ4v) is 2.93. The Labute approximate surface area is 141 Å². The van der Waals surface area contributed by atoms with Gasteiger partial charge in [0.1, 0.15) is 18.1 Å². The molecule has 134 valence electrons. The molecule has 0 radical (unpaired) electrons. The summed E-state index contributed by atoms with van der Waals surface area (Å²) < 4.78 is 51.1. The van der Waals surface area contributed by atoms with Gasteiger partial charge >= 0.3 is 6.18 Å². The second-order valence-corrected chi connectivity index (χ2v) is 5.92. The lowest BCUT2D eigenvalue weighted by Crippen LogP contribution is -2.32. The molecule has 1 aromatic heterocycles. The molecule has 2 heterocycles. The van der Waals surface area contributed by atoms with Gasteiger partial charge in [-0.05, 0) is 38.0 Å². The summed E-state index contributed by atoms with van der Waals surface area (Å²) in [6.45, 7) is 1.73. The number of anilines is 1.